The second-order valence-electron chi connectivity index (χ2n) is 4.48. The fourth-order valence-corrected chi connectivity index (χ4v) is 2.40. The first kappa shape index (κ1) is 8.76. The van der Waals surface area contributed by atoms with Crippen LogP contribution in [0.2, 0.25) is 0 Å². The quantitative estimate of drug-likeness (QED) is 0.639. The van der Waals surface area contributed by atoms with E-state index in [0.717, 1.165) is 6.42 Å². The lowest BCUT2D eigenvalue weighted by molar-refractivity contribution is 0.0190. The molecule has 0 spiro atoms. The molecular formula is C12H16O. The summed E-state index contributed by atoms with van der Waals surface area (Å²) >= 11 is 0. The molecule has 0 radical (unpaired) electrons. The van der Waals surface area contributed by atoms with Crippen molar-refractivity contribution < 1.29 is 4.74 Å². The summed E-state index contributed by atoms with van der Waals surface area (Å²) in [4.78, 5) is 0. The van der Waals surface area contributed by atoms with Crippen LogP contribution in [-0.4, -0.2) is 7.11 Å². The van der Waals surface area contributed by atoms with Crippen LogP contribution in [0, 0.1) is 5.41 Å². The molecule has 1 heteroatoms. The van der Waals surface area contributed by atoms with E-state index >= 15 is 0 Å². The minimum Gasteiger partial charge on any atom is -0.376 e. The van der Waals surface area contributed by atoms with E-state index in [-0.39, 0.29) is 11.5 Å². The van der Waals surface area contributed by atoms with Gasteiger partial charge in [0.15, 0.2) is 0 Å². The number of ether oxygens (including phenoxy) is 1. The smallest absolute Gasteiger partial charge is 0.0877 e. The van der Waals surface area contributed by atoms with Crippen LogP contribution in [0.25, 0.3) is 0 Å². The Morgan fingerprint density at radius 3 is 2.69 bits per heavy atom. The minimum absolute atomic E-state index is 0.248. The zero-order chi connectivity index (χ0) is 9.47. The zero-order valence-electron chi connectivity index (χ0n) is 8.50. The Bertz CT molecular complexity index is 315. The number of hydrogen-bond acceptors (Lipinski definition) is 1. The Labute approximate surface area is 79.7 Å². The molecule has 0 aromatic heterocycles. The fraction of sp³-hybridized carbons (Fsp3) is 0.500. The normalized spacial score (nSPS) is 24.4. The number of fused-ring (bicyclic) bond motifs is 1. The first-order chi connectivity index (χ1) is 6.15. The second kappa shape index (κ2) is 2.85. The predicted octanol–water partition coefficient (Wildman–Crippen LogP) is 2.96. The van der Waals surface area contributed by atoms with Crippen LogP contribution < -0.4 is 0 Å². The fourth-order valence-electron chi connectivity index (χ4n) is 2.40. The summed E-state index contributed by atoms with van der Waals surface area (Å²) in [5, 5.41) is 0. The van der Waals surface area contributed by atoms with Crippen LogP contribution in [0.15, 0.2) is 24.3 Å². The largest absolute Gasteiger partial charge is 0.376 e. The summed E-state index contributed by atoms with van der Waals surface area (Å²) in [7, 11) is 1.80. The van der Waals surface area contributed by atoms with Gasteiger partial charge in [-0.15, -0.1) is 0 Å². The summed E-state index contributed by atoms with van der Waals surface area (Å²) in [5.74, 6) is 0. The van der Waals surface area contributed by atoms with E-state index in [4.69, 9.17) is 4.74 Å². The molecular weight excluding hydrogens is 160 g/mol. The van der Waals surface area contributed by atoms with Crippen molar-refractivity contribution in [2.24, 2.45) is 5.41 Å². The maximum atomic E-state index is 5.55. The van der Waals surface area contributed by atoms with Crippen molar-refractivity contribution in [3.05, 3.63) is 35.4 Å². The molecule has 0 heterocycles. The Morgan fingerprint density at radius 2 is 2.00 bits per heavy atom. The number of benzene rings is 1. The Balaban J connectivity index is 2.46. The van der Waals surface area contributed by atoms with Crippen molar-refractivity contribution in [3.63, 3.8) is 0 Å². The van der Waals surface area contributed by atoms with Gasteiger partial charge < -0.3 is 4.74 Å². The van der Waals surface area contributed by atoms with Gasteiger partial charge in [0.05, 0.1) is 6.10 Å². The summed E-state index contributed by atoms with van der Waals surface area (Å²) < 4.78 is 5.55. The van der Waals surface area contributed by atoms with Gasteiger partial charge in [0, 0.05) is 7.11 Å². The highest BCUT2D eigenvalue weighted by Crippen LogP contribution is 2.46. The van der Waals surface area contributed by atoms with Crippen molar-refractivity contribution in [1.82, 2.24) is 0 Å². The topological polar surface area (TPSA) is 9.23 Å². The van der Waals surface area contributed by atoms with Crippen LogP contribution in [0.4, 0.5) is 0 Å². The maximum Gasteiger partial charge on any atom is 0.0877 e. The van der Waals surface area contributed by atoms with Crippen LogP contribution in [0.3, 0.4) is 0 Å². The molecule has 0 saturated carbocycles. The lowest BCUT2D eigenvalue weighted by Gasteiger charge is -2.25. The van der Waals surface area contributed by atoms with Crippen molar-refractivity contribution in [1.29, 1.82) is 0 Å². The van der Waals surface area contributed by atoms with E-state index in [1.165, 1.54) is 11.1 Å². The molecule has 0 N–H and O–H groups in total. The molecule has 2 rings (SSSR count). The molecule has 1 aliphatic rings. The van der Waals surface area contributed by atoms with E-state index in [1.807, 2.05) is 0 Å². The summed E-state index contributed by atoms with van der Waals surface area (Å²) in [6.07, 6.45) is 1.39. The van der Waals surface area contributed by atoms with E-state index in [0.29, 0.717) is 0 Å². The van der Waals surface area contributed by atoms with E-state index in [9.17, 15) is 0 Å². The lowest BCUT2D eigenvalue weighted by Crippen LogP contribution is -2.18. The lowest BCUT2D eigenvalue weighted by atomic mass is 9.87. The SMILES string of the molecule is COC1c2ccccc2CC1(C)C. The van der Waals surface area contributed by atoms with Gasteiger partial charge in [0.1, 0.15) is 0 Å². The van der Waals surface area contributed by atoms with Gasteiger partial charge in [0.25, 0.3) is 0 Å². The maximum absolute atomic E-state index is 5.55. The highest BCUT2D eigenvalue weighted by Gasteiger charge is 2.38. The zero-order valence-corrected chi connectivity index (χ0v) is 8.50. The molecule has 0 amide bonds. The van der Waals surface area contributed by atoms with E-state index in [2.05, 4.69) is 38.1 Å². The summed E-state index contributed by atoms with van der Waals surface area (Å²) in [5.41, 5.74) is 3.06. The van der Waals surface area contributed by atoms with Crippen molar-refractivity contribution in [2.75, 3.05) is 7.11 Å². The average Bonchev–Trinajstić information content (AvgIpc) is 2.33. The van der Waals surface area contributed by atoms with Gasteiger partial charge in [-0.05, 0) is 23.0 Å². The number of hydrogen-bond donors (Lipinski definition) is 0. The third-order valence-electron chi connectivity index (χ3n) is 2.93. The van der Waals surface area contributed by atoms with Crippen molar-refractivity contribution in [2.45, 2.75) is 26.4 Å². The van der Waals surface area contributed by atoms with E-state index < -0.39 is 0 Å². The standard InChI is InChI=1S/C12H16O/c1-12(2)8-9-6-4-5-7-10(9)11(12)13-3/h4-7,11H,8H2,1-3H3. The van der Waals surface area contributed by atoms with Gasteiger partial charge in [-0.25, -0.2) is 0 Å². The van der Waals surface area contributed by atoms with E-state index in [1.54, 1.807) is 7.11 Å². The molecule has 13 heavy (non-hydrogen) atoms. The number of methoxy groups -OCH3 is 1. The van der Waals surface area contributed by atoms with Crippen LogP contribution in [0.1, 0.15) is 31.1 Å². The molecule has 0 bridgehead atoms. The molecule has 1 atom stereocenters. The molecule has 0 aliphatic heterocycles. The first-order valence-electron chi connectivity index (χ1n) is 4.76. The van der Waals surface area contributed by atoms with Gasteiger partial charge in [-0.2, -0.15) is 0 Å². The van der Waals surface area contributed by atoms with Gasteiger partial charge in [0.2, 0.25) is 0 Å². The van der Waals surface area contributed by atoms with Gasteiger partial charge >= 0.3 is 0 Å². The molecule has 1 unspecified atom stereocenters. The Morgan fingerprint density at radius 1 is 1.31 bits per heavy atom. The highest BCUT2D eigenvalue weighted by molar-refractivity contribution is 5.36. The van der Waals surface area contributed by atoms with Crippen LogP contribution >= 0.6 is 0 Å². The third-order valence-corrected chi connectivity index (χ3v) is 2.93. The first-order valence-corrected chi connectivity index (χ1v) is 4.76. The molecule has 1 aromatic carbocycles. The molecule has 1 aliphatic carbocycles. The summed E-state index contributed by atoms with van der Waals surface area (Å²) in [6.45, 7) is 4.53. The average molecular weight is 176 g/mol. The van der Waals surface area contributed by atoms with Crippen LogP contribution in [0.5, 0.6) is 0 Å². The Hall–Kier alpha value is -0.820. The highest BCUT2D eigenvalue weighted by atomic mass is 16.5. The molecule has 0 saturated heterocycles. The monoisotopic (exact) mass is 176 g/mol. The number of rotatable bonds is 1. The molecule has 0 fully saturated rings. The molecule has 1 nitrogen and oxygen atoms in total. The van der Waals surface area contributed by atoms with Crippen LogP contribution in [-0.2, 0) is 11.2 Å². The van der Waals surface area contributed by atoms with Gasteiger partial charge in [-0.3, -0.25) is 0 Å². The van der Waals surface area contributed by atoms with Crippen molar-refractivity contribution in [3.8, 4) is 0 Å². The Kier molecular flexibility index (Phi) is 1.92. The summed E-state index contributed by atoms with van der Waals surface area (Å²) in [6, 6.07) is 8.58. The molecule has 70 valence electrons. The van der Waals surface area contributed by atoms with Crippen molar-refractivity contribution >= 4 is 0 Å². The molecule has 1 aromatic rings. The predicted molar refractivity (Wildman–Crippen MR) is 53.7 cm³/mol. The van der Waals surface area contributed by atoms with Gasteiger partial charge in [-0.1, -0.05) is 38.1 Å². The third kappa shape index (κ3) is 1.28. The second-order valence-corrected chi connectivity index (χ2v) is 4.48. The minimum atomic E-state index is 0.248.